The Morgan fingerprint density at radius 3 is 2.69 bits per heavy atom. The van der Waals surface area contributed by atoms with Gasteiger partial charge in [0.25, 0.3) is 5.69 Å². The summed E-state index contributed by atoms with van der Waals surface area (Å²) in [6.07, 6.45) is 1.22. The van der Waals surface area contributed by atoms with Gasteiger partial charge in [0.2, 0.25) is 0 Å². The number of nitro benzene ring substituents is 1. The number of non-ortho nitro benzene ring substituents is 1. The number of benzene rings is 1. The Morgan fingerprint density at radius 1 is 1.28 bits per heavy atom. The van der Waals surface area contributed by atoms with Crippen molar-refractivity contribution in [1.29, 1.82) is 0 Å². The van der Waals surface area contributed by atoms with Gasteiger partial charge in [-0.2, -0.15) is 0 Å². The number of methoxy groups -OCH3 is 1. The molecule has 1 atom stereocenters. The highest BCUT2D eigenvalue weighted by molar-refractivity contribution is 5.98. The minimum absolute atomic E-state index is 0.0434. The number of hydrogen-bond donors (Lipinski definition) is 0. The highest BCUT2D eigenvalue weighted by Crippen LogP contribution is 2.32. The quantitative estimate of drug-likeness (QED) is 0.572. The first-order chi connectivity index (χ1) is 13.7. The van der Waals surface area contributed by atoms with Gasteiger partial charge < -0.3 is 19.3 Å². The molecule has 156 valence electrons. The summed E-state index contributed by atoms with van der Waals surface area (Å²) in [6.45, 7) is 7.27. The normalized spacial score (nSPS) is 17.4. The molecule has 2 heterocycles. The number of hydrogen-bond acceptors (Lipinski definition) is 7. The van der Waals surface area contributed by atoms with Crippen molar-refractivity contribution in [2.24, 2.45) is 0 Å². The van der Waals surface area contributed by atoms with Crippen molar-refractivity contribution in [2.45, 2.75) is 32.4 Å². The molecule has 0 spiro atoms. The molecule has 0 N–H and O–H groups in total. The van der Waals surface area contributed by atoms with Crippen LogP contribution in [0.15, 0.2) is 30.5 Å². The van der Waals surface area contributed by atoms with E-state index in [1.54, 1.807) is 30.3 Å². The number of nitro groups is 1. The largest absolute Gasteiger partial charge is 0.444 e. The van der Waals surface area contributed by atoms with Crippen LogP contribution >= 0.6 is 0 Å². The third kappa shape index (κ3) is 4.56. The molecule has 1 aromatic carbocycles. The highest BCUT2D eigenvalue weighted by Gasteiger charge is 2.33. The van der Waals surface area contributed by atoms with Gasteiger partial charge in [0, 0.05) is 44.4 Å². The third-order valence-corrected chi connectivity index (χ3v) is 4.72. The lowest BCUT2D eigenvalue weighted by atomic mass is 10.1. The number of carbonyl (C=O) groups excluding carboxylic acids is 1. The molecule has 0 unspecified atom stereocenters. The van der Waals surface area contributed by atoms with E-state index >= 15 is 0 Å². The van der Waals surface area contributed by atoms with Crippen LogP contribution in [0.4, 0.5) is 16.3 Å². The molecule has 0 aliphatic carbocycles. The number of fused-ring (bicyclic) bond motifs is 1. The highest BCUT2D eigenvalue weighted by atomic mass is 16.6. The number of amides is 1. The van der Waals surface area contributed by atoms with Crippen LogP contribution in [0.5, 0.6) is 0 Å². The van der Waals surface area contributed by atoms with Gasteiger partial charge in [-0.3, -0.25) is 10.1 Å². The fourth-order valence-electron chi connectivity index (χ4n) is 3.52. The zero-order valence-electron chi connectivity index (χ0n) is 17.1. The molecule has 3 rings (SSSR count). The summed E-state index contributed by atoms with van der Waals surface area (Å²) >= 11 is 0. The lowest BCUT2D eigenvalue weighted by Crippen LogP contribution is -2.57. The molecular formula is C20H26N4O5. The summed E-state index contributed by atoms with van der Waals surface area (Å²) < 4.78 is 10.9. The van der Waals surface area contributed by atoms with Gasteiger partial charge >= 0.3 is 6.09 Å². The van der Waals surface area contributed by atoms with Gasteiger partial charge in [-0.1, -0.05) is 12.1 Å². The molecule has 1 amide bonds. The smallest absolute Gasteiger partial charge is 0.410 e. The van der Waals surface area contributed by atoms with Crippen molar-refractivity contribution in [3.05, 3.63) is 40.6 Å². The van der Waals surface area contributed by atoms with E-state index in [1.807, 2.05) is 26.8 Å². The van der Waals surface area contributed by atoms with Gasteiger partial charge in [-0.25, -0.2) is 9.78 Å². The Kier molecular flexibility index (Phi) is 5.88. The van der Waals surface area contributed by atoms with Crippen molar-refractivity contribution in [2.75, 3.05) is 38.3 Å². The maximum absolute atomic E-state index is 12.5. The lowest BCUT2D eigenvalue weighted by Gasteiger charge is -2.42. The molecule has 0 bridgehead atoms. The van der Waals surface area contributed by atoms with E-state index in [2.05, 4.69) is 9.88 Å². The molecule has 1 saturated heterocycles. The van der Waals surface area contributed by atoms with E-state index < -0.39 is 5.60 Å². The van der Waals surface area contributed by atoms with Crippen LogP contribution in [-0.4, -0.2) is 65.9 Å². The molecule has 0 radical (unpaired) electrons. The third-order valence-electron chi connectivity index (χ3n) is 4.72. The molecule has 1 aromatic heterocycles. The predicted octanol–water partition coefficient (Wildman–Crippen LogP) is 3.22. The van der Waals surface area contributed by atoms with E-state index in [0.717, 1.165) is 0 Å². The maximum Gasteiger partial charge on any atom is 0.410 e. The molecule has 9 nitrogen and oxygen atoms in total. The second-order valence-corrected chi connectivity index (χ2v) is 7.99. The van der Waals surface area contributed by atoms with Crippen LogP contribution in [0.3, 0.4) is 0 Å². The summed E-state index contributed by atoms with van der Waals surface area (Å²) in [4.78, 5) is 31.7. The fourth-order valence-corrected chi connectivity index (χ4v) is 3.52. The SMILES string of the molecule is COC[C@@H]1CN(C(=O)OC(C)(C)C)CCN1c1nccc2c([N+](=O)[O-])cccc12. The second kappa shape index (κ2) is 8.20. The molecule has 2 aromatic rings. The molecule has 1 aliphatic heterocycles. The Labute approximate surface area is 169 Å². The zero-order chi connectivity index (χ0) is 21.2. The van der Waals surface area contributed by atoms with E-state index in [9.17, 15) is 14.9 Å². The second-order valence-electron chi connectivity index (χ2n) is 7.99. The van der Waals surface area contributed by atoms with Crippen molar-refractivity contribution >= 4 is 28.4 Å². The zero-order valence-corrected chi connectivity index (χ0v) is 17.1. The fraction of sp³-hybridized carbons (Fsp3) is 0.500. The van der Waals surface area contributed by atoms with Crippen LogP contribution in [0.2, 0.25) is 0 Å². The van der Waals surface area contributed by atoms with Crippen molar-refractivity contribution < 1.29 is 19.2 Å². The molecular weight excluding hydrogens is 376 g/mol. The number of rotatable bonds is 4. The summed E-state index contributed by atoms with van der Waals surface area (Å²) in [6, 6.07) is 6.47. The standard InChI is InChI=1S/C20H26N4O5/c1-20(2,3)29-19(25)22-10-11-23(14(12-22)13-28-4)18-16-6-5-7-17(24(26)27)15(16)8-9-21-18/h5-9,14H,10-13H2,1-4H3/t14-/m0/s1. The average molecular weight is 402 g/mol. The first-order valence-electron chi connectivity index (χ1n) is 9.47. The van der Waals surface area contributed by atoms with Crippen LogP contribution in [0.1, 0.15) is 20.8 Å². The molecule has 9 heteroatoms. The predicted molar refractivity (Wildman–Crippen MR) is 109 cm³/mol. The van der Waals surface area contributed by atoms with Crippen molar-refractivity contribution in [3.63, 3.8) is 0 Å². The van der Waals surface area contributed by atoms with Crippen molar-refractivity contribution in [3.8, 4) is 0 Å². The van der Waals surface area contributed by atoms with Gasteiger partial charge in [0.1, 0.15) is 11.4 Å². The molecule has 29 heavy (non-hydrogen) atoms. The van der Waals surface area contributed by atoms with Crippen LogP contribution in [0, 0.1) is 10.1 Å². The maximum atomic E-state index is 12.5. The Hall–Kier alpha value is -2.94. The van der Waals surface area contributed by atoms with Gasteiger partial charge in [0.05, 0.1) is 23.0 Å². The molecule has 0 saturated carbocycles. The summed E-state index contributed by atoms with van der Waals surface area (Å²) in [5, 5.41) is 12.6. The topological polar surface area (TPSA) is 98.0 Å². The Balaban J connectivity index is 1.92. The van der Waals surface area contributed by atoms with E-state index in [-0.39, 0.29) is 22.7 Å². The molecule has 1 fully saturated rings. The monoisotopic (exact) mass is 402 g/mol. The average Bonchev–Trinajstić information content (AvgIpc) is 2.66. The van der Waals surface area contributed by atoms with Crippen LogP contribution < -0.4 is 4.90 Å². The minimum atomic E-state index is -0.568. The van der Waals surface area contributed by atoms with Gasteiger partial charge in [0.15, 0.2) is 0 Å². The minimum Gasteiger partial charge on any atom is -0.444 e. The van der Waals surface area contributed by atoms with Crippen LogP contribution in [-0.2, 0) is 9.47 Å². The number of ether oxygens (including phenoxy) is 2. The van der Waals surface area contributed by atoms with Gasteiger partial charge in [-0.15, -0.1) is 0 Å². The summed E-state index contributed by atoms with van der Waals surface area (Å²) in [5.41, 5.74) is -0.525. The summed E-state index contributed by atoms with van der Waals surface area (Å²) in [7, 11) is 1.60. The summed E-state index contributed by atoms with van der Waals surface area (Å²) in [5.74, 6) is 0.650. The number of piperazine rings is 1. The van der Waals surface area contributed by atoms with E-state index in [0.29, 0.717) is 42.8 Å². The van der Waals surface area contributed by atoms with Crippen LogP contribution in [0.25, 0.3) is 10.8 Å². The Morgan fingerprint density at radius 2 is 2.03 bits per heavy atom. The number of carbonyl (C=O) groups is 1. The van der Waals surface area contributed by atoms with E-state index in [1.165, 1.54) is 6.07 Å². The Bertz CT molecular complexity index is 911. The molecule has 1 aliphatic rings. The number of aromatic nitrogens is 1. The first kappa shape index (κ1) is 20.8. The first-order valence-corrected chi connectivity index (χ1v) is 9.47. The number of pyridine rings is 1. The number of nitrogens with zero attached hydrogens (tertiary/aromatic N) is 4. The number of anilines is 1. The van der Waals surface area contributed by atoms with Crippen molar-refractivity contribution in [1.82, 2.24) is 9.88 Å². The lowest BCUT2D eigenvalue weighted by molar-refractivity contribution is -0.383. The van der Waals surface area contributed by atoms with E-state index in [4.69, 9.17) is 9.47 Å². The van der Waals surface area contributed by atoms with Gasteiger partial charge in [-0.05, 0) is 26.8 Å².